The smallest absolute Gasteiger partial charge is 0.227 e. The summed E-state index contributed by atoms with van der Waals surface area (Å²) in [6.07, 6.45) is 0.231. The lowest BCUT2D eigenvalue weighted by Gasteiger charge is -2.18. The van der Waals surface area contributed by atoms with E-state index in [0.717, 1.165) is 33.6 Å². The van der Waals surface area contributed by atoms with Crippen LogP contribution in [0.3, 0.4) is 0 Å². The van der Waals surface area contributed by atoms with E-state index < -0.39 is 0 Å². The van der Waals surface area contributed by atoms with Crippen molar-refractivity contribution in [2.45, 2.75) is 19.9 Å². The third kappa shape index (κ3) is 5.83. The van der Waals surface area contributed by atoms with Crippen molar-refractivity contribution in [3.63, 3.8) is 0 Å². The molecule has 0 saturated carbocycles. The Morgan fingerprint density at radius 2 is 2.07 bits per heavy atom. The first kappa shape index (κ1) is 22.3. The van der Waals surface area contributed by atoms with Gasteiger partial charge in [-0.25, -0.2) is 0 Å². The highest BCUT2D eigenvalue weighted by Crippen LogP contribution is 2.28. The number of rotatable bonds is 8. The molecule has 1 heterocycles. The van der Waals surface area contributed by atoms with Gasteiger partial charge < -0.3 is 19.9 Å². The molecular formula is C23H28BrN3O3. The minimum atomic E-state index is -0.346. The Balaban J connectivity index is 1.54. The van der Waals surface area contributed by atoms with Crippen LogP contribution in [0.1, 0.15) is 17.5 Å². The standard InChI is InChI=1S/C23H28BrN3O3/c1-16-11-19(7-8-21(16)24)27-15-18(13-22(27)28)23(29)25-14-17-5-4-6-20(12-17)30-10-9-26(2)3/h4-8,11-12,18H,9-10,13-15H2,1-3H3,(H,25,29). The Morgan fingerprint density at radius 1 is 1.27 bits per heavy atom. The Bertz CT molecular complexity index is 916. The van der Waals surface area contributed by atoms with Gasteiger partial charge in [0.05, 0.1) is 5.92 Å². The van der Waals surface area contributed by atoms with Gasteiger partial charge in [-0.05, 0) is 62.5 Å². The zero-order valence-electron chi connectivity index (χ0n) is 17.7. The number of hydrogen-bond donors (Lipinski definition) is 1. The van der Waals surface area contributed by atoms with Crippen LogP contribution in [-0.2, 0) is 16.1 Å². The minimum Gasteiger partial charge on any atom is -0.492 e. The molecule has 2 amide bonds. The number of anilines is 1. The molecule has 0 aromatic heterocycles. The van der Waals surface area contributed by atoms with Crippen LogP contribution >= 0.6 is 15.9 Å². The Morgan fingerprint density at radius 3 is 2.80 bits per heavy atom. The Kier molecular flexibility index (Phi) is 7.50. The molecule has 30 heavy (non-hydrogen) atoms. The number of aryl methyl sites for hydroxylation is 1. The normalized spacial score (nSPS) is 16.2. The molecule has 0 spiro atoms. The van der Waals surface area contributed by atoms with Gasteiger partial charge in [-0.2, -0.15) is 0 Å². The number of halogens is 1. The molecule has 1 aliphatic heterocycles. The third-order valence-corrected chi connectivity index (χ3v) is 6.01. The fraction of sp³-hybridized carbons (Fsp3) is 0.391. The summed E-state index contributed by atoms with van der Waals surface area (Å²) in [5.74, 6) is 0.323. The maximum atomic E-state index is 12.7. The van der Waals surface area contributed by atoms with Gasteiger partial charge in [0, 0.05) is 36.2 Å². The highest BCUT2D eigenvalue weighted by Gasteiger charge is 2.35. The molecule has 0 bridgehead atoms. The molecule has 1 saturated heterocycles. The van der Waals surface area contributed by atoms with Crippen LogP contribution in [0.25, 0.3) is 0 Å². The molecule has 1 N–H and O–H groups in total. The van der Waals surface area contributed by atoms with Crippen molar-refractivity contribution < 1.29 is 14.3 Å². The fourth-order valence-corrected chi connectivity index (χ4v) is 3.60. The highest BCUT2D eigenvalue weighted by atomic mass is 79.9. The molecule has 1 fully saturated rings. The summed E-state index contributed by atoms with van der Waals surface area (Å²) in [6.45, 7) is 4.24. The van der Waals surface area contributed by atoms with Crippen molar-refractivity contribution in [3.8, 4) is 5.75 Å². The Hall–Kier alpha value is -2.38. The summed E-state index contributed by atoms with van der Waals surface area (Å²) in [5.41, 5.74) is 2.86. The first-order chi connectivity index (χ1) is 14.3. The number of likely N-dealkylation sites (N-methyl/N-ethyl adjacent to an activating group) is 1. The van der Waals surface area contributed by atoms with Crippen LogP contribution in [0.2, 0.25) is 0 Å². The van der Waals surface area contributed by atoms with Crippen molar-refractivity contribution in [3.05, 3.63) is 58.1 Å². The van der Waals surface area contributed by atoms with Crippen LogP contribution < -0.4 is 15.0 Å². The predicted molar refractivity (Wildman–Crippen MR) is 122 cm³/mol. The first-order valence-electron chi connectivity index (χ1n) is 10.0. The number of carbonyl (C=O) groups is 2. The van der Waals surface area contributed by atoms with Crippen molar-refractivity contribution >= 4 is 33.4 Å². The second-order valence-corrected chi connectivity index (χ2v) is 8.71. The average molecular weight is 474 g/mol. The van der Waals surface area contributed by atoms with Crippen molar-refractivity contribution in [1.29, 1.82) is 0 Å². The number of ether oxygens (including phenoxy) is 1. The van der Waals surface area contributed by atoms with E-state index in [9.17, 15) is 9.59 Å². The second kappa shape index (κ2) is 10.1. The molecule has 0 aliphatic carbocycles. The van der Waals surface area contributed by atoms with Gasteiger partial charge in [-0.15, -0.1) is 0 Å². The average Bonchev–Trinajstić information content (AvgIpc) is 3.10. The van der Waals surface area contributed by atoms with Crippen molar-refractivity contribution in [2.75, 3.05) is 38.7 Å². The molecule has 7 heteroatoms. The quantitative estimate of drug-likeness (QED) is 0.638. The van der Waals surface area contributed by atoms with Gasteiger partial charge in [0.1, 0.15) is 12.4 Å². The summed E-state index contributed by atoms with van der Waals surface area (Å²) >= 11 is 3.48. The summed E-state index contributed by atoms with van der Waals surface area (Å²) in [5, 5.41) is 2.97. The van der Waals surface area contributed by atoms with Crippen LogP contribution in [0.15, 0.2) is 46.9 Å². The maximum absolute atomic E-state index is 12.7. The molecule has 0 radical (unpaired) electrons. The maximum Gasteiger partial charge on any atom is 0.227 e. The molecule has 6 nitrogen and oxygen atoms in total. The van der Waals surface area contributed by atoms with Crippen LogP contribution in [0.4, 0.5) is 5.69 Å². The van der Waals surface area contributed by atoms with Crippen LogP contribution in [0.5, 0.6) is 5.75 Å². The lowest BCUT2D eigenvalue weighted by atomic mass is 10.1. The topological polar surface area (TPSA) is 61.9 Å². The lowest BCUT2D eigenvalue weighted by molar-refractivity contribution is -0.126. The number of carbonyl (C=O) groups excluding carboxylic acids is 2. The number of benzene rings is 2. The van der Waals surface area contributed by atoms with Gasteiger partial charge in [0.2, 0.25) is 11.8 Å². The highest BCUT2D eigenvalue weighted by molar-refractivity contribution is 9.10. The van der Waals surface area contributed by atoms with E-state index >= 15 is 0 Å². The molecule has 1 aliphatic rings. The van der Waals surface area contributed by atoms with E-state index in [4.69, 9.17) is 4.74 Å². The molecule has 2 aromatic carbocycles. The van der Waals surface area contributed by atoms with Gasteiger partial charge in [-0.3, -0.25) is 9.59 Å². The first-order valence-corrected chi connectivity index (χ1v) is 10.8. The SMILES string of the molecule is Cc1cc(N2CC(C(=O)NCc3cccc(OCCN(C)C)c3)CC2=O)ccc1Br. The minimum absolute atomic E-state index is 0.0202. The van der Waals surface area contributed by atoms with Gasteiger partial charge >= 0.3 is 0 Å². The summed E-state index contributed by atoms with van der Waals surface area (Å²) in [7, 11) is 4.00. The van der Waals surface area contributed by atoms with E-state index in [0.29, 0.717) is 19.7 Å². The largest absolute Gasteiger partial charge is 0.492 e. The molecular weight excluding hydrogens is 446 g/mol. The monoisotopic (exact) mass is 473 g/mol. The van der Waals surface area contributed by atoms with E-state index in [1.807, 2.05) is 63.5 Å². The fourth-order valence-electron chi connectivity index (χ4n) is 3.35. The van der Waals surface area contributed by atoms with Crippen molar-refractivity contribution in [1.82, 2.24) is 10.2 Å². The lowest BCUT2D eigenvalue weighted by Crippen LogP contribution is -2.32. The van der Waals surface area contributed by atoms with Gasteiger partial charge in [0.25, 0.3) is 0 Å². The molecule has 2 aromatic rings. The summed E-state index contributed by atoms with van der Waals surface area (Å²) in [4.78, 5) is 28.9. The number of amides is 2. The number of hydrogen-bond acceptors (Lipinski definition) is 4. The molecule has 1 atom stereocenters. The zero-order chi connectivity index (χ0) is 21.7. The van der Waals surface area contributed by atoms with E-state index in [2.05, 4.69) is 26.1 Å². The Labute approximate surface area is 186 Å². The molecule has 3 rings (SSSR count). The van der Waals surface area contributed by atoms with Crippen molar-refractivity contribution in [2.24, 2.45) is 5.92 Å². The van der Waals surface area contributed by atoms with Gasteiger partial charge in [0.15, 0.2) is 0 Å². The summed E-state index contributed by atoms with van der Waals surface area (Å²) < 4.78 is 6.75. The van der Waals surface area contributed by atoms with E-state index in [1.165, 1.54) is 0 Å². The van der Waals surface area contributed by atoms with E-state index in [-0.39, 0.29) is 24.2 Å². The molecule has 160 valence electrons. The molecule has 1 unspecified atom stereocenters. The van der Waals surface area contributed by atoms with Crippen LogP contribution in [0, 0.1) is 12.8 Å². The second-order valence-electron chi connectivity index (χ2n) is 7.86. The zero-order valence-corrected chi connectivity index (χ0v) is 19.2. The predicted octanol–water partition coefficient (Wildman–Crippen LogP) is 3.37. The number of nitrogens with one attached hydrogen (secondary N) is 1. The number of nitrogens with zero attached hydrogens (tertiary/aromatic N) is 2. The van der Waals surface area contributed by atoms with Gasteiger partial charge in [-0.1, -0.05) is 28.1 Å². The summed E-state index contributed by atoms with van der Waals surface area (Å²) in [6, 6.07) is 13.5. The van der Waals surface area contributed by atoms with Crippen LogP contribution in [-0.4, -0.2) is 50.5 Å². The third-order valence-electron chi connectivity index (χ3n) is 5.12. The van der Waals surface area contributed by atoms with E-state index in [1.54, 1.807) is 4.90 Å².